The van der Waals surface area contributed by atoms with Crippen molar-refractivity contribution in [1.29, 1.82) is 0 Å². The number of rotatable bonds is 4. The van der Waals surface area contributed by atoms with Crippen molar-refractivity contribution in [2.24, 2.45) is 0 Å². The van der Waals surface area contributed by atoms with E-state index in [1.807, 2.05) is 54.6 Å². The smallest absolute Gasteiger partial charge is 0.365 e. The number of nitrogens with zero attached hydrogens (tertiary/aromatic N) is 4. The topological polar surface area (TPSA) is 55.1 Å². The number of fused-ring (bicyclic) bond motifs is 3. The predicted octanol–water partition coefficient (Wildman–Crippen LogP) is 5.58. The molecule has 8 heteroatoms. The molecule has 0 atom stereocenters. The number of halogens is 3. The second-order valence-electron chi connectivity index (χ2n) is 7.07. The molecule has 5 nitrogen and oxygen atoms in total. The van der Waals surface area contributed by atoms with E-state index < -0.39 is 11.7 Å². The van der Waals surface area contributed by atoms with E-state index in [-0.39, 0.29) is 0 Å². The van der Waals surface area contributed by atoms with Gasteiger partial charge in [0.25, 0.3) is 0 Å². The first-order valence-corrected chi connectivity index (χ1v) is 9.60. The molecule has 0 spiro atoms. The molecular weight excluding hydrogens is 403 g/mol. The second-order valence-corrected chi connectivity index (χ2v) is 7.07. The Hall–Kier alpha value is -3.94. The largest absolute Gasteiger partial charge is 0.416 e. The summed E-state index contributed by atoms with van der Waals surface area (Å²) in [5.74, 6) is 0.613. The van der Waals surface area contributed by atoms with Crippen LogP contribution in [0, 0.1) is 0 Å². The van der Waals surface area contributed by atoms with Crippen LogP contribution in [-0.4, -0.2) is 19.8 Å². The predicted molar refractivity (Wildman–Crippen MR) is 112 cm³/mol. The van der Waals surface area contributed by atoms with Crippen LogP contribution in [0.25, 0.3) is 27.8 Å². The van der Waals surface area contributed by atoms with Crippen LogP contribution in [0.2, 0.25) is 0 Å². The first kappa shape index (κ1) is 19.0. The number of para-hydroxylation sites is 1. The van der Waals surface area contributed by atoms with E-state index in [1.54, 1.807) is 4.52 Å². The minimum absolute atomic E-state index is 0.327. The van der Waals surface area contributed by atoms with Gasteiger partial charge in [-0.3, -0.25) is 0 Å². The van der Waals surface area contributed by atoms with E-state index in [4.69, 9.17) is 4.98 Å². The van der Waals surface area contributed by atoms with E-state index in [1.165, 1.54) is 12.1 Å². The van der Waals surface area contributed by atoms with Crippen molar-refractivity contribution < 1.29 is 13.2 Å². The van der Waals surface area contributed by atoms with Gasteiger partial charge in [-0.05, 0) is 29.8 Å². The summed E-state index contributed by atoms with van der Waals surface area (Å²) in [6, 6.07) is 22.4. The van der Waals surface area contributed by atoms with Gasteiger partial charge in [0.2, 0.25) is 0 Å². The number of aromatic nitrogens is 4. The van der Waals surface area contributed by atoms with E-state index in [0.717, 1.165) is 28.6 Å². The highest BCUT2D eigenvalue weighted by atomic mass is 19.4. The Balaban J connectivity index is 1.54. The molecule has 154 valence electrons. The number of anilines is 1. The zero-order valence-electron chi connectivity index (χ0n) is 16.1. The Kier molecular flexibility index (Phi) is 4.54. The van der Waals surface area contributed by atoms with Gasteiger partial charge in [-0.1, -0.05) is 59.8 Å². The molecule has 0 saturated heterocycles. The molecule has 0 bridgehead atoms. The molecule has 2 heterocycles. The Labute approximate surface area is 175 Å². The van der Waals surface area contributed by atoms with Gasteiger partial charge in [0.1, 0.15) is 11.5 Å². The second kappa shape index (κ2) is 7.39. The minimum Gasteiger partial charge on any atom is -0.365 e. The molecule has 5 aromatic rings. The Morgan fingerprint density at radius 3 is 2.29 bits per heavy atom. The quantitative estimate of drug-likeness (QED) is 0.414. The first-order chi connectivity index (χ1) is 15.0. The van der Waals surface area contributed by atoms with Gasteiger partial charge in [-0.2, -0.15) is 17.7 Å². The van der Waals surface area contributed by atoms with Crippen molar-refractivity contribution in [2.45, 2.75) is 12.7 Å². The Morgan fingerprint density at radius 1 is 0.839 bits per heavy atom. The molecule has 0 aliphatic rings. The highest BCUT2D eigenvalue weighted by Gasteiger charge is 2.29. The molecule has 0 amide bonds. The summed E-state index contributed by atoms with van der Waals surface area (Å²) < 4.78 is 40.1. The van der Waals surface area contributed by atoms with Crippen molar-refractivity contribution in [3.63, 3.8) is 0 Å². The van der Waals surface area contributed by atoms with E-state index in [9.17, 15) is 13.2 Å². The van der Waals surface area contributed by atoms with Crippen LogP contribution in [-0.2, 0) is 12.7 Å². The molecule has 0 aliphatic heterocycles. The number of hydrogen-bond acceptors (Lipinski definition) is 4. The summed E-state index contributed by atoms with van der Waals surface area (Å²) in [6.45, 7) is 0.327. The highest BCUT2D eigenvalue weighted by molar-refractivity contribution is 5.93. The van der Waals surface area contributed by atoms with Gasteiger partial charge in [0.05, 0.1) is 11.1 Å². The van der Waals surface area contributed by atoms with Gasteiger partial charge < -0.3 is 5.32 Å². The maximum Gasteiger partial charge on any atom is 0.416 e. The molecule has 0 radical (unpaired) electrons. The fourth-order valence-electron chi connectivity index (χ4n) is 3.48. The highest BCUT2D eigenvalue weighted by Crippen LogP contribution is 2.30. The van der Waals surface area contributed by atoms with Crippen LogP contribution in [0.15, 0.2) is 78.9 Å². The van der Waals surface area contributed by atoms with Crippen LogP contribution in [0.4, 0.5) is 19.0 Å². The molecule has 0 unspecified atom stereocenters. The molecule has 2 aromatic heterocycles. The number of benzene rings is 3. The van der Waals surface area contributed by atoms with E-state index in [0.29, 0.717) is 29.3 Å². The minimum atomic E-state index is -4.35. The van der Waals surface area contributed by atoms with Crippen molar-refractivity contribution >= 4 is 22.4 Å². The SMILES string of the molecule is FC(F)(F)c1ccc(CNc2nc3c(-c4ccccc4)nnn3c3ccccc23)cc1. The standard InChI is InChI=1S/C23H16F3N5/c24-23(25,26)17-12-10-15(11-13-17)14-27-21-18-8-4-5-9-19(18)31-22(28-21)20(29-30-31)16-6-2-1-3-7-16/h1-13H,14H2,(H,27,28). The third-order valence-corrected chi connectivity index (χ3v) is 5.04. The van der Waals surface area contributed by atoms with Gasteiger partial charge >= 0.3 is 6.18 Å². The lowest BCUT2D eigenvalue weighted by atomic mass is 10.1. The first-order valence-electron chi connectivity index (χ1n) is 9.60. The van der Waals surface area contributed by atoms with Crippen LogP contribution in [0.5, 0.6) is 0 Å². The van der Waals surface area contributed by atoms with Gasteiger partial charge in [0.15, 0.2) is 5.65 Å². The third kappa shape index (κ3) is 3.56. The fraction of sp³-hybridized carbons (Fsp3) is 0.0870. The molecular formula is C23H16F3N5. The summed E-state index contributed by atoms with van der Waals surface area (Å²) in [6.07, 6.45) is -4.35. The number of nitrogens with one attached hydrogen (secondary N) is 1. The molecule has 0 saturated carbocycles. The lowest BCUT2D eigenvalue weighted by Gasteiger charge is -2.11. The summed E-state index contributed by atoms with van der Waals surface area (Å²) >= 11 is 0. The fourth-order valence-corrected chi connectivity index (χ4v) is 3.48. The van der Waals surface area contributed by atoms with Crippen molar-refractivity contribution in [1.82, 2.24) is 19.8 Å². The lowest BCUT2D eigenvalue weighted by molar-refractivity contribution is -0.137. The summed E-state index contributed by atoms with van der Waals surface area (Å²) in [5.41, 5.74) is 3.03. The molecule has 0 fully saturated rings. The van der Waals surface area contributed by atoms with Crippen molar-refractivity contribution in [2.75, 3.05) is 5.32 Å². The summed E-state index contributed by atoms with van der Waals surface area (Å²) in [4.78, 5) is 4.76. The average Bonchev–Trinajstić information content (AvgIpc) is 3.22. The summed E-state index contributed by atoms with van der Waals surface area (Å²) in [5, 5.41) is 12.7. The zero-order valence-corrected chi connectivity index (χ0v) is 16.1. The van der Waals surface area contributed by atoms with Crippen molar-refractivity contribution in [3.8, 4) is 11.3 Å². The van der Waals surface area contributed by atoms with Crippen LogP contribution >= 0.6 is 0 Å². The van der Waals surface area contributed by atoms with Gasteiger partial charge in [-0.15, -0.1) is 5.10 Å². The Morgan fingerprint density at radius 2 is 1.55 bits per heavy atom. The maximum absolute atomic E-state index is 12.8. The molecule has 3 aromatic carbocycles. The maximum atomic E-state index is 12.8. The molecule has 1 N–H and O–H groups in total. The zero-order chi connectivity index (χ0) is 21.4. The molecule has 5 rings (SSSR count). The van der Waals surface area contributed by atoms with Crippen LogP contribution in [0.3, 0.4) is 0 Å². The number of alkyl halides is 3. The average molecular weight is 419 g/mol. The van der Waals surface area contributed by atoms with Crippen molar-refractivity contribution in [3.05, 3.63) is 90.0 Å². The normalized spacial score (nSPS) is 11.8. The number of hydrogen-bond donors (Lipinski definition) is 1. The third-order valence-electron chi connectivity index (χ3n) is 5.04. The lowest BCUT2D eigenvalue weighted by Crippen LogP contribution is -2.07. The van der Waals surface area contributed by atoms with E-state index >= 15 is 0 Å². The van der Waals surface area contributed by atoms with E-state index in [2.05, 4.69) is 15.6 Å². The van der Waals surface area contributed by atoms with Gasteiger partial charge in [0, 0.05) is 17.5 Å². The van der Waals surface area contributed by atoms with Crippen LogP contribution < -0.4 is 5.32 Å². The monoisotopic (exact) mass is 419 g/mol. The summed E-state index contributed by atoms with van der Waals surface area (Å²) in [7, 11) is 0. The molecule has 0 aliphatic carbocycles. The Bertz CT molecular complexity index is 1360. The molecule has 31 heavy (non-hydrogen) atoms. The van der Waals surface area contributed by atoms with Gasteiger partial charge in [-0.25, -0.2) is 4.98 Å². The van der Waals surface area contributed by atoms with Crippen LogP contribution in [0.1, 0.15) is 11.1 Å².